The van der Waals surface area contributed by atoms with E-state index in [1.807, 2.05) is 25.1 Å². The van der Waals surface area contributed by atoms with Gasteiger partial charge in [0.25, 0.3) is 0 Å². The molecular weight excluding hydrogens is 357 g/mol. The van der Waals surface area contributed by atoms with Gasteiger partial charge >= 0.3 is 0 Å². The number of hydrogen-bond acceptors (Lipinski definition) is 4. The molecule has 1 aliphatic rings. The van der Waals surface area contributed by atoms with Gasteiger partial charge < -0.3 is 14.8 Å². The van der Waals surface area contributed by atoms with Crippen molar-refractivity contribution in [3.8, 4) is 17.2 Å². The van der Waals surface area contributed by atoms with Crippen molar-refractivity contribution >= 4 is 11.6 Å². The summed E-state index contributed by atoms with van der Waals surface area (Å²) in [5, 5.41) is 8.36. The summed E-state index contributed by atoms with van der Waals surface area (Å²) in [7, 11) is 0. The molecule has 0 radical (unpaired) electrons. The van der Waals surface area contributed by atoms with Crippen molar-refractivity contribution in [3.05, 3.63) is 70.3 Å². The molecule has 0 unspecified atom stereocenters. The monoisotopic (exact) mass is 373 g/mol. The van der Waals surface area contributed by atoms with E-state index in [1.54, 1.807) is 16.8 Å². The van der Waals surface area contributed by atoms with E-state index in [4.69, 9.17) is 21.1 Å². The number of hydrogen-bond donors (Lipinski definition) is 1. The summed E-state index contributed by atoms with van der Waals surface area (Å²) >= 11 is 6.49. The van der Waals surface area contributed by atoms with Crippen LogP contribution >= 0.6 is 11.6 Å². The first-order valence-corrected chi connectivity index (χ1v) is 8.59. The summed E-state index contributed by atoms with van der Waals surface area (Å²) in [6.07, 6.45) is 0. The topological polar surface area (TPSA) is 48.3 Å². The van der Waals surface area contributed by atoms with Crippen LogP contribution in [0.4, 0.5) is 4.39 Å². The highest BCUT2D eigenvalue weighted by molar-refractivity contribution is 6.30. The Balaban J connectivity index is 1.46. The Labute approximate surface area is 155 Å². The molecule has 0 spiro atoms. The van der Waals surface area contributed by atoms with Gasteiger partial charge in [-0.2, -0.15) is 5.10 Å². The second-order valence-corrected chi connectivity index (χ2v) is 6.39. The maximum absolute atomic E-state index is 13.1. The van der Waals surface area contributed by atoms with Crippen molar-refractivity contribution in [2.75, 3.05) is 6.79 Å². The zero-order valence-electron chi connectivity index (χ0n) is 14.1. The number of aryl methyl sites for hydroxylation is 1. The number of halogens is 2. The molecule has 0 saturated heterocycles. The fourth-order valence-electron chi connectivity index (χ4n) is 2.87. The molecular formula is C19H17ClFN3O2. The summed E-state index contributed by atoms with van der Waals surface area (Å²) in [6, 6.07) is 11.9. The summed E-state index contributed by atoms with van der Waals surface area (Å²) in [5.41, 5.74) is 3.56. The normalized spacial score (nSPS) is 12.6. The molecule has 2 aromatic carbocycles. The molecule has 26 heavy (non-hydrogen) atoms. The minimum absolute atomic E-state index is 0.267. The number of rotatable bonds is 5. The van der Waals surface area contributed by atoms with Gasteiger partial charge in [0.05, 0.1) is 11.4 Å². The van der Waals surface area contributed by atoms with Crippen LogP contribution < -0.4 is 14.8 Å². The number of fused-ring (bicyclic) bond motifs is 1. The largest absolute Gasteiger partial charge is 0.454 e. The van der Waals surface area contributed by atoms with Crippen LogP contribution in [0.15, 0.2) is 42.5 Å². The van der Waals surface area contributed by atoms with Crippen LogP contribution in [0, 0.1) is 12.7 Å². The third-order valence-corrected chi connectivity index (χ3v) is 4.65. The average Bonchev–Trinajstić information content (AvgIpc) is 3.21. The molecule has 4 rings (SSSR count). The van der Waals surface area contributed by atoms with Crippen molar-refractivity contribution in [1.82, 2.24) is 15.1 Å². The van der Waals surface area contributed by atoms with Gasteiger partial charge in [0.15, 0.2) is 11.5 Å². The fraction of sp³-hybridized carbons (Fsp3) is 0.211. The fourth-order valence-corrected chi connectivity index (χ4v) is 3.21. The van der Waals surface area contributed by atoms with Crippen LogP contribution in [0.5, 0.6) is 11.5 Å². The van der Waals surface area contributed by atoms with Crippen LogP contribution in [0.3, 0.4) is 0 Å². The molecule has 0 fully saturated rings. The van der Waals surface area contributed by atoms with Gasteiger partial charge in [-0.15, -0.1) is 0 Å². The molecule has 5 nitrogen and oxygen atoms in total. The number of nitrogens with zero attached hydrogens (tertiary/aromatic N) is 2. The smallest absolute Gasteiger partial charge is 0.231 e. The molecule has 0 aliphatic carbocycles. The van der Waals surface area contributed by atoms with E-state index in [9.17, 15) is 4.39 Å². The number of aromatic nitrogens is 2. The van der Waals surface area contributed by atoms with E-state index in [-0.39, 0.29) is 12.6 Å². The number of ether oxygens (including phenoxy) is 2. The molecule has 0 bridgehead atoms. The van der Waals surface area contributed by atoms with Gasteiger partial charge in [0, 0.05) is 18.7 Å². The lowest BCUT2D eigenvalue weighted by atomic mass is 10.2. The highest BCUT2D eigenvalue weighted by Gasteiger charge is 2.15. The molecule has 0 atom stereocenters. The van der Waals surface area contributed by atoms with E-state index < -0.39 is 0 Å². The van der Waals surface area contributed by atoms with Crippen molar-refractivity contribution in [2.24, 2.45) is 0 Å². The SMILES string of the molecule is Cc1nn(-c2ccc(F)cc2)c(Cl)c1CNCc1ccc2c(c1)OCO2. The van der Waals surface area contributed by atoms with E-state index >= 15 is 0 Å². The minimum atomic E-state index is -0.292. The number of nitrogens with one attached hydrogen (secondary N) is 1. The van der Waals surface area contributed by atoms with E-state index in [2.05, 4.69) is 10.4 Å². The second kappa shape index (κ2) is 6.97. The Morgan fingerprint density at radius 1 is 1.12 bits per heavy atom. The van der Waals surface area contributed by atoms with Gasteiger partial charge in [-0.3, -0.25) is 0 Å². The lowest BCUT2D eigenvalue weighted by Gasteiger charge is -2.07. The Morgan fingerprint density at radius 2 is 1.88 bits per heavy atom. The Hall–Kier alpha value is -2.57. The van der Waals surface area contributed by atoms with Crippen molar-refractivity contribution in [1.29, 1.82) is 0 Å². The zero-order valence-corrected chi connectivity index (χ0v) is 14.9. The average molecular weight is 374 g/mol. The van der Waals surface area contributed by atoms with Gasteiger partial charge in [-0.25, -0.2) is 9.07 Å². The van der Waals surface area contributed by atoms with Crippen LogP contribution in [0.2, 0.25) is 5.15 Å². The first-order chi connectivity index (χ1) is 12.6. The van der Waals surface area contributed by atoms with Crippen LogP contribution in [0.25, 0.3) is 5.69 Å². The number of benzene rings is 2. The molecule has 1 aliphatic heterocycles. The van der Waals surface area contributed by atoms with E-state index in [0.29, 0.717) is 18.2 Å². The lowest BCUT2D eigenvalue weighted by molar-refractivity contribution is 0.174. The first-order valence-electron chi connectivity index (χ1n) is 8.21. The van der Waals surface area contributed by atoms with Crippen LogP contribution in [0.1, 0.15) is 16.8 Å². The molecule has 0 saturated carbocycles. The third-order valence-electron chi connectivity index (χ3n) is 4.26. The summed E-state index contributed by atoms with van der Waals surface area (Å²) in [4.78, 5) is 0. The molecule has 2 heterocycles. The summed E-state index contributed by atoms with van der Waals surface area (Å²) < 4.78 is 25.4. The zero-order chi connectivity index (χ0) is 18.1. The molecule has 134 valence electrons. The van der Waals surface area contributed by atoms with Crippen molar-refractivity contribution in [2.45, 2.75) is 20.0 Å². The first kappa shape index (κ1) is 16.9. The quantitative estimate of drug-likeness (QED) is 0.734. The maximum Gasteiger partial charge on any atom is 0.231 e. The minimum Gasteiger partial charge on any atom is -0.454 e. The molecule has 1 N–H and O–H groups in total. The van der Waals surface area contributed by atoms with Crippen molar-refractivity contribution in [3.63, 3.8) is 0 Å². The van der Waals surface area contributed by atoms with Gasteiger partial charge in [-0.1, -0.05) is 17.7 Å². The van der Waals surface area contributed by atoms with E-state index in [1.165, 1.54) is 12.1 Å². The molecule has 1 aromatic heterocycles. The van der Waals surface area contributed by atoms with Gasteiger partial charge in [0.2, 0.25) is 6.79 Å². The van der Waals surface area contributed by atoms with Crippen LogP contribution in [-0.2, 0) is 13.1 Å². The third kappa shape index (κ3) is 3.25. The second-order valence-electron chi connectivity index (χ2n) is 6.03. The Morgan fingerprint density at radius 3 is 2.69 bits per heavy atom. The van der Waals surface area contributed by atoms with Gasteiger partial charge in [0.1, 0.15) is 11.0 Å². The highest BCUT2D eigenvalue weighted by Crippen LogP contribution is 2.32. The molecule has 0 amide bonds. The highest BCUT2D eigenvalue weighted by atomic mass is 35.5. The van der Waals surface area contributed by atoms with Crippen molar-refractivity contribution < 1.29 is 13.9 Å². The predicted octanol–water partition coefficient (Wildman–Crippen LogP) is 3.99. The van der Waals surface area contributed by atoms with Crippen LogP contribution in [-0.4, -0.2) is 16.6 Å². The standard InChI is InChI=1S/C19H17ClFN3O2/c1-12-16(19(20)24(23-12)15-5-3-14(21)4-6-15)10-22-9-13-2-7-17-18(8-13)26-11-25-17/h2-8,22H,9-11H2,1H3. The molecule has 3 aromatic rings. The Kier molecular flexibility index (Phi) is 4.53. The van der Waals surface area contributed by atoms with E-state index in [0.717, 1.165) is 34.0 Å². The summed E-state index contributed by atoms with van der Waals surface area (Å²) in [6.45, 7) is 3.40. The molecule has 7 heteroatoms. The lowest BCUT2D eigenvalue weighted by Crippen LogP contribution is -2.13. The predicted molar refractivity (Wildman–Crippen MR) is 96.4 cm³/mol. The summed E-state index contributed by atoms with van der Waals surface area (Å²) in [5.74, 6) is 1.25. The Bertz CT molecular complexity index is 941. The van der Waals surface area contributed by atoms with Gasteiger partial charge in [-0.05, 0) is 48.9 Å². The maximum atomic E-state index is 13.1.